The Bertz CT molecular complexity index is 666. The number of amides is 1. The third kappa shape index (κ3) is 4.07. The molecule has 3 nitrogen and oxygen atoms in total. The smallest absolute Gasteiger partial charge is 0.334 e. The third-order valence-electron chi connectivity index (χ3n) is 2.59. The van der Waals surface area contributed by atoms with Crippen LogP contribution in [0.25, 0.3) is 0 Å². The van der Waals surface area contributed by atoms with Crippen LogP contribution in [0.4, 0.5) is 23.2 Å². The zero-order chi connectivity index (χ0) is 15.6. The quantitative estimate of drug-likeness (QED) is 0.813. The fourth-order valence-electron chi connectivity index (χ4n) is 1.72. The first-order valence-corrected chi connectivity index (χ1v) is 6.54. The van der Waals surface area contributed by atoms with E-state index in [1.807, 2.05) is 0 Å². The summed E-state index contributed by atoms with van der Waals surface area (Å²) < 4.78 is 51.5. The van der Waals surface area contributed by atoms with Crippen LogP contribution < -0.4 is 5.32 Å². The number of nitrogens with zero attached hydrogens (tertiary/aromatic N) is 1. The second-order valence-corrected chi connectivity index (χ2v) is 5.07. The monoisotopic (exact) mass is 364 g/mol. The van der Waals surface area contributed by atoms with Gasteiger partial charge in [0, 0.05) is 11.9 Å². The van der Waals surface area contributed by atoms with Gasteiger partial charge >= 0.3 is 6.18 Å². The van der Waals surface area contributed by atoms with Crippen molar-refractivity contribution in [3.05, 3.63) is 52.5 Å². The molecule has 0 saturated carbocycles. The molecule has 0 unspecified atom stereocenters. The summed E-state index contributed by atoms with van der Waals surface area (Å²) in [6.45, 7) is -1.27. The van der Waals surface area contributed by atoms with Crippen LogP contribution in [0.15, 0.2) is 41.0 Å². The summed E-state index contributed by atoms with van der Waals surface area (Å²) in [6, 6.07) is 6.49. The average Bonchev–Trinajstić information content (AvgIpc) is 2.79. The Labute approximate surface area is 125 Å². The van der Waals surface area contributed by atoms with Crippen LogP contribution in [0.3, 0.4) is 0 Å². The molecule has 8 heteroatoms. The van der Waals surface area contributed by atoms with Crippen LogP contribution >= 0.6 is 15.9 Å². The van der Waals surface area contributed by atoms with Gasteiger partial charge in [0.15, 0.2) is 0 Å². The highest BCUT2D eigenvalue weighted by molar-refractivity contribution is 9.10. The van der Waals surface area contributed by atoms with Crippen molar-refractivity contribution in [2.24, 2.45) is 0 Å². The molecule has 2 rings (SSSR count). The number of nitrogens with one attached hydrogen (secondary N) is 1. The molecule has 21 heavy (non-hydrogen) atoms. The largest absolute Gasteiger partial charge is 0.406 e. The van der Waals surface area contributed by atoms with Gasteiger partial charge in [0.25, 0.3) is 5.91 Å². The van der Waals surface area contributed by atoms with Gasteiger partial charge in [0.2, 0.25) is 0 Å². The van der Waals surface area contributed by atoms with Gasteiger partial charge in [-0.2, -0.15) is 13.2 Å². The fourth-order valence-corrected chi connectivity index (χ4v) is 1.97. The van der Waals surface area contributed by atoms with Gasteiger partial charge < -0.3 is 9.88 Å². The van der Waals surface area contributed by atoms with E-state index in [1.165, 1.54) is 24.3 Å². The minimum absolute atomic E-state index is 0.153. The van der Waals surface area contributed by atoms with Gasteiger partial charge in [-0.05, 0) is 46.3 Å². The second kappa shape index (κ2) is 5.88. The molecule has 0 aliphatic rings. The molecule has 1 aromatic heterocycles. The third-order valence-corrected chi connectivity index (χ3v) is 3.23. The molecule has 0 aliphatic carbocycles. The van der Waals surface area contributed by atoms with Crippen molar-refractivity contribution in [2.75, 3.05) is 5.32 Å². The van der Waals surface area contributed by atoms with Crippen molar-refractivity contribution in [3.8, 4) is 0 Å². The van der Waals surface area contributed by atoms with E-state index < -0.39 is 24.4 Å². The van der Waals surface area contributed by atoms with Crippen LogP contribution in [-0.4, -0.2) is 16.7 Å². The van der Waals surface area contributed by atoms with E-state index in [0.29, 0.717) is 0 Å². The van der Waals surface area contributed by atoms with Crippen LogP contribution in [0.1, 0.15) is 10.5 Å². The number of hydrogen-bond donors (Lipinski definition) is 1. The molecule has 112 valence electrons. The number of benzene rings is 1. The van der Waals surface area contributed by atoms with Crippen molar-refractivity contribution >= 4 is 27.5 Å². The minimum Gasteiger partial charge on any atom is -0.334 e. The van der Waals surface area contributed by atoms with Gasteiger partial charge in [0.05, 0.1) is 4.47 Å². The number of aromatic nitrogens is 1. The van der Waals surface area contributed by atoms with Crippen molar-refractivity contribution in [2.45, 2.75) is 12.7 Å². The number of anilines is 1. The van der Waals surface area contributed by atoms with Crippen molar-refractivity contribution in [3.63, 3.8) is 0 Å². The maximum Gasteiger partial charge on any atom is 0.406 e. The van der Waals surface area contributed by atoms with Gasteiger partial charge in [-0.3, -0.25) is 4.79 Å². The summed E-state index contributed by atoms with van der Waals surface area (Å²) in [6.07, 6.45) is -3.28. The predicted octanol–water partition coefficient (Wildman–Crippen LogP) is 4.20. The maximum absolute atomic E-state index is 13.3. The first kappa shape index (κ1) is 15.6. The Morgan fingerprint density at radius 2 is 2.00 bits per heavy atom. The molecule has 2 aromatic rings. The summed E-state index contributed by atoms with van der Waals surface area (Å²) >= 11 is 2.96. The molecule has 1 heterocycles. The van der Waals surface area contributed by atoms with Crippen LogP contribution in [-0.2, 0) is 6.54 Å². The molecule has 0 aliphatic heterocycles. The number of halogens is 5. The zero-order valence-corrected chi connectivity index (χ0v) is 12.0. The molecule has 0 radical (unpaired) electrons. The Morgan fingerprint density at radius 1 is 1.29 bits per heavy atom. The van der Waals surface area contributed by atoms with Crippen LogP contribution in [0, 0.1) is 5.82 Å². The van der Waals surface area contributed by atoms with Crippen molar-refractivity contribution in [1.29, 1.82) is 0 Å². The summed E-state index contributed by atoms with van der Waals surface area (Å²) in [5.74, 6) is -1.33. The summed E-state index contributed by atoms with van der Waals surface area (Å²) in [5, 5.41) is 2.35. The molecule has 0 atom stereocenters. The maximum atomic E-state index is 13.3. The first-order valence-electron chi connectivity index (χ1n) is 5.74. The van der Waals surface area contributed by atoms with E-state index in [4.69, 9.17) is 0 Å². The SMILES string of the molecule is O=C(Nc1ccc(Br)c(F)c1)c1cccn1CC(F)(F)F. The molecule has 1 amide bonds. The summed E-state index contributed by atoms with van der Waals surface area (Å²) in [7, 11) is 0. The van der Waals surface area contributed by atoms with E-state index in [-0.39, 0.29) is 15.9 Å². The number of carbonyl (C=O) groups is 1. The fraction of sp³-hybridized carbons (Fsp3) is 0.154. The first-order chi connectivity index (χ1) is 9.76. The Hall–Kier alpha value is -1.83. The molecular weight excluding hydrogens is 356 g/mol. The van der Waals surface area contributed by atoms with E-state index in [2.05, 4.69) is 21.2 Å². The predicted molar refractivity (Wildman–Crippen MR) is 72.5 cm³/mol. The second-order valence-electron chi connectivity index (χ2n) is 4.22. The molecule has 1 N–H and O–H groups in total. The van der Waals surface area contributed by atoms with Gasteiger partial charge in [-0.25, -0.2) is 4.39 Å². The van der Waals surface area contributed by atoms with Crippen molar-refractivity contribution < 1.29 is 22.4 Å². The Morgan fingerprint density at radius 3 is 2.62 bits per heavy atom. The van der Waals surface area contributed by atoms with E-state index in [0.717, 1.165) is 16.8 Å². The molecule has 0 bridgehead atoms. The van der Waals surface area contributed by atoms with Crippen molar-refractivity contribution in [1.82, 2.24) is 4.57 Å². The zero-order valence-electron chi connectivity index (χ0n) is 10.4. The standard InChI is InChI=1S/C13H9BrF4N2O/c14-9-4-3-8(6-10(9)15)19-12(21)11-2-1-5-20(11)7-13(16,17)18/h1-6H,7H2,(H,19,21). The van der Waals surface area contributed by atoms with E-state index in [1.54, 1.807) is 0 Å². The summed E-state index contributed by atoms with van der Waals surface area (Å²) in [5.41, 5.74) is -0.00360. The highest BCUT2D eigenvalue weighted by Gasteiger charge is 2.29. The van der Waals surface area contributed by atoms with Gasteiger partial charge in [0.1, 0.15) is 18.1 Å². The lowest BCUT2D eigenvalue weighted by Gasteiger charge is -2.12. The van der Waals surface area contributed by atoms with Gasteiger partial charge in [-0.1, -0.05) is 0 Å². The van der Waals surface area contributed by atoms with Crippen LogP contribution in [0.5, 0.6) is 0 Å². The minimum atomic E-state index is -4.43. The molecule has 0 fully saturated rings. The normalized spacial score (nSPS) is 11.5. The number of alkyl halides is 3. The molecule has 0 spiro atoms. The van der Waals surface area contributed by atoms with Gasteiger partial charge in [-0.15, -0.1) is 0 Å². The van der Waals surface area contributed by atoms with E-state index in [9.17, 15) is 22.4 Å². The summed E-state index contributed by atoms with van der Waals surface area (Å²) in [4.78, 5) is 11.9. The highest BCUT2D eigenvalue weighted by atomic mass is 79.9. The number of carbonyl (C=O) groups excluding carboxylic acids is 1. The van der Waals surface area contributed by atoms with E-state index >= 15 is 0 Å². The lowest BCUT2D eigenvalue weighted by atomic mass is 10.3. The molecule has 1 aromatic carbocycles. The average molecular weight is 365 g/mol. The highest BCUT2D eigenvalue weighted by Crippen LogP contribution is 2.21. The lowest BCUT2D eigenvalue weighted by molar-refractivity contribution is -0.140. The van der Waals surface area contributed by atoms with Crippen LogP contribution in [0.2, 0.25) is 0 Å². The Balaban J connectivity index is 2.17. The number of hydrogen-bond acceptors (Lipinski definition) is 1. The number of rotatable bonds is 3. The lowest BCUT2D eigenvalue weighted by Crippen LogP contribution is -2.23. The molecular formula is C13H9BrF4N2O. The Kier molecular flexibility index (Phi) is 4.36. The topological polar surface area (TPSA) is 34.0 Å². The molecule has 0 saturated heterocycles.